The monoisotopic (exact) mass is 327 g/mol. The average molecular weight is 327 g/mol. The minimum atomic E-state index is -0.365. The maximum atomic E-state index is 12.2. The minimum Gasteiger partial charge on any atom is -0.459 e. The Hall–Kier alpha value is -2.93. The molecule has 0 saturated heterocycles. The molecule has 1 aromatic carbocycles. The molecular formula is C16H13N3O3S. The van der Waals surface area contributed by atoms with Crippen molar-refractivity contribution < 1.29 is 14.0 Å². The van der Waals surface area contributed by atoms with Gasteiger partial charge in [-0.25, -0.2) is 4.98 Å². The summed E-state index contributed by atoms with van der Waals surface area (Å²) in [5.41, 5.74) is 1.83. The van der Waals surface area contributed by atoms with Gasteiger partial charge in [0, 0.05) is 22.8 Å². The van der Waals surface area contributed by atoms with Crippen LogP contribution >= 0.6 is 11.3 Å². The molecule has 0 bridgehead atoms. The molecule has 0 radical (unpaired) electrons. The highest BCUT2D eigenvalue weighted by Crippen LogP contribution is 2.20. The summed E-state index contributed by atoms with van der Waals surface area (Å²) in [5.74, 6) is -0.439. The van der Waals surface area contributed by atoms with E-state index in [4.69, 9.17) is 4.42 Å². The third kappa shape index (κ3) is 3.46. The van der Waals surface area contributed by atoms with Crippen LogP contribution in [0.1, 0.15) is 26.5 Å². The summed E-state index contributed by atoms with van der Waals surface area (Å²) in [6.07, 6.45) is 3.05. The van der Waals surface area contributed by atoms with Gasteiger partial charge in [-0.15, -0.1) is 11.3 Å². The second kappa shape index (κ2) is 6.45. The molecule has 2 amide bonds. The maximum absolute atomic E-state index is 12.2. The summed E-state index contributed by atoms with van der Waals surface area (Å²) in [6.45, 7) is 1.85. The summed E-state index contributed by atoms with van der Waals surface area (Å²) in [4.78, 5) is 28.3. The molecule has 0 atom stereocenters. The van der Waals surface area contributed by atoms with Gasteiger partial charge in [-0.3, -0.25) is 14.9 Å². The molecule has 0 aliphatic rings. The number of aromatic nitrogens is 1. The number of thiazole rings is 1. The van der Waals surface area contributed by atoms with E-state index in [1.165, 1.54) is 17.6 Å². The van der Waals surface area contributed by atoms with Gasteiger partial charge in [0.15, 0.2) is 10.9 Å². The van der Waals surface area contributed by atoms with Crippen molar-refractivity contribution in [2.75, 3.05) is 10.6 Å². The molecule has 6 nitrogen and oxygen atoms in total. The molecule has 2 heterocycles. The van der Waals surface area contributed by atoms with E-state index in [0.29, 0.717) is 16.4 Å². The van der Waals surface area contributed by atoms with Gasteiger partial charge < -0.3 is 9.73 Å². The molecule has 0 unspecified atom stereocenters. The van der Waals surface area contributed by atoms with Gasteiger partial charge in [0.2, 0.25) is 0 Å². The first-order valence-electron chi connectivity index (χ1n) is 6.80. The van der Waals surface area contributed by atoms with Crippen molar-refractivity contribution in [2.45, 2.75) is 6.92 Å². The van der Waals surface area contributed by atoms with Crippen molar-refractivity contribution in [1.82, 2.24) is 4.98 Å². The smallest absolute Gasteiger partial charge is 0.291 e. The molecule has 116 valence electrons. The first-order valence-corrected chi connectivity index (χ1v) is 7.68. The third-order valence-electron chi connectivity index (χ3n) is 3.15. The Morgan fingerprint density at radius 3 is 2.74 bits per heavy atom. The van der Waals surface area contributed by atoms with Crippen LogP contribution in [0.2, 0.25) is 0 Å². The van der Waals surface area contributed by atoms with Crippen LogP contribution in [0.25, 0.3) is 0 Å². The van der Waals surface area contributed by atoms with Crippen molar-refractivity contribution in [3.8, 4) is 0 Å². The summed E-state index contributed by atoms with van der Waals surface area (Å²) >= 11 is 1.34. The second-order valence-corrected chi connectivity index (χ2v) is 5.65. The van der Waals surface area contributed by atoms with Gasteiger partial charge in [0.1, 0.15) is 0 Å². The van der Waals surface area contributed by atoms with Crippen molar-refractivity contribution in [1.29, 1.82) is 0 Å². The molecule has 2 aromatic heterocycles. The summed E-state index contributed by atoms with van der Waals surface area (Å²) in [7, 11) is 0. The van der Waals surface area contributed by atoms with Crippen LogP contribution in [0, 0.1) is 6.92 Å². The van der Waals surface area contributed by atoms with Crippen molar-refractivity contribution >= 4 is 34.0 Å². The molecule has 0 spiro atoms. The highest BCUT2D eigenvalue weighted by molar-refractivity contribution is 7.13. The molecule has 2 N–H and O–H groups in total. The van der Waals surface area contributed by atoms with Crippen molar-refractivity contribution in [2.24, 2.45) is 0 Å². The van der Waals surface area contributed by atoms with Crippen LogP contribution in [0.5, 0.6) is 0 Å². The predicted molar refractivity (Wildman–Crippen MR) is 87.9 cm³/mol. The number of benzene rings is 1. The predicted octanol–water partition coefficient (Wildman–Crippen LogP) is 3.55. The molecule has 0 aliphatic heterocycles. The number of amides is 2. The molecule has 3 aromatic rings. The summed E-state index contributed by atoms with van der Waals surface area (Å²) < 4.78 is 5.06. The fraction of sp³-hybridized carbons (Fsp3) is 0.0625. The van der Waals surface area contributed by atoms with Gasteiger partial charge in [-0.1, -0.05) is 6.07 Å². The van der Waals surface area contributed by atoms with E-state index in [1.807, 2.05) is 6.92 Å². The Bertz CT molecular complexity index is 826. The number of aryl methyl sites for hydroxylation is 1. The fourth-order valence-corrected chi connectivity index (χ4v) is 2.47. The lowest BCUT2D eigenvalue weighted by atomic mass is 10.1. The number of hydrogen-bond donors (Lipinski definition) is 2. The molecule has 7 heteroatoms. The lowest BCUT2D eigenvalue weighted by Gasteiger charge is -2.09. The van der Waals surface area contributed by atoms with E-state index < -0.39 is 0 Å². The largest absolute Gasteiger partial charge is 0.459 e. The standard InChI is InChI=1S/C16H13N3O3S/c1-10-4-5-11(14(20)19-16-17-6-8-23-16)9-12(10)18-15(21)13-3-2-7-22-13/h2-9H,1H3,(H,18,21)(H,17,19,20). The molecule has 23 heavy (non-hydrogen) atoms. The number of carbonyl (C=O) groups is 2. The Morgan fingerprint density at radius 2 is 2.04 bits per heavy atom. The number of rotatable bonds is 4. The number of nitrogens with one attached hydrogen (secondary N) is 2. The van der Waals surface area contributed by atoms with E-state index in [2.05, 4.69) is 15.6 Å². The van der Waals surface area contributed by atoms with Crippen molar-refractivity contribution in [3.63, 3.8) is 0 Å². The van der Waals surface area contributed by atoms with Crippen LogP contribution in [0.15, 0.2) is 52.6 Å². The third-order valence-corrected chi connectivity index (χ3v) is 3.83. The van der Waals surface area contributed by atoms with Crippen LogP contribution < -0.4 is 10.6 Å². The Labute approximate surface area is 136 Å². The molecular weight excluding hydrogens is 314 g/mol. The van der Waals surface area contributed by atoms with E-state index in [0.717, 1.165) is 5.56 Å². The zero-order chi connectivity index (χ0) is 16.2. The minimum absolute atomic E-state index is 0.210. The number of furan rings is 1. The topological polar surface area (TPSA) is 84.2 Å². The van der Waals surface area contributed by atoms with Crippen LogP contribution in [0.4, 0.5) is 10.8 Å². The number of carbonyl (C=O) groups excluding carboxylic acids is 2. The quantitative estimate of drug-likeness (QED) is 0.767. The van der Waals surface area contributed by atoms with Gasteiger partial charge in [-0.05, 0) is 36.8 Å². The zero-order valence-electron chi connectivity index (χ0n) is 12.2. The zero-order valence-corrected chi connectivity index (χ0v) is 13.0. The van der Waals surface area contributed by atoms with Gasteiger partial charge >= 0.3 is 0 Å². The second-order valence-electron chi connectivity index (χ2n) is 4.75. The van der Waals surface area contributed by atoms with Gasteiger partial charge in [0.05, 0.1) is 6.26 Å². The SMILES string of the molecule is Cc1ccc(C(=O)Nc2nccs2)cc1NC(=O)c1ccco1. The highest BCUT2D eigenvalue weighted by Gasteiger charge is 2.13. The van der Waals surface area contributed by atoms with E-state index >= 15 is 0 Å². The number of nitrogens with zero attached hydrogens (tertiary/aromatic N) is 1. The number of anilines is 2. The number of hydrogen-bond acceptors (Lipinski definition) is 5. The maximum Gasteiger partial charge on any atom is 0.291 e. The fourth-order valence-electron chi connectivity index (χ4n) is 1.94. The normalized spacial score (nSPS) is 10.3. The Kier molecular flexibility index (Phi) is 4.20. The summed E-state index contributed by atoms with van der Waals surface area (Å²) in [5, 5.41) is 7.75. The van der Waals surface area contributed by atoms with Crippen LogP contribution in [-0.2, 0) is 0 Å². The Morgan fingerprint density at radius 1 is 1.17 bits per heavy atom. The molecule has 3 rings (SSSR count). The van der Waals surface area contributed by atoms with Gasteiger partial charge in [0.25, 0.3) is 11.8 Å². The average Bonchev–Trinajstić information content (AvgIpc) is 3.22. The molecule has 0 fully saturated rings. The lowest BCUT2D eigenvalue weighted by molar-refractivity contribution is 0.0993. The first-order chi connectivity index (χ1) is 11.1. The van der Waals surface area contributed by atoms with Crippen LogP contribution in [-0.4, -0.2) is 16.8 Å². The highest BCUT2D eigenvalue weighted by atomic mass is 32.1. The van der Waals surface area contributed by atoms with Crippen molar-refractivity contribution in [3.05, 3.63) is 65.1 Å². The van der Waals surface area contributed by atoms with E-state index in [1.54, 1.807) is 41.9 Å². The van der Waals surface area contributed by atoms with E-state index in [-0.39, 0.29) is 17.6 Å². The van der Waals surface area contributed by atoms with Crippen LogP contribution in [0.3, 0.4) is 0 Å². The van der Waals surface area contributed by atoms with Gasteiger partial charge in [-0.2, -0.15) is 0 Å². The first kappa shape index (κ1) is 15.0. The molecule has 0 saturated carbocycles. The summed E-state index contributed by atoms with van der Waals surface area (Å²) in [6, 6.07) is 8.30. The lowest BCUT2D eigenvalue weighted by Crippen LogP contribution is -2.15. The van der Waals surface area contributed by atoms with E-state index in [9.17, 15) is 9.59 Å². The molecule has 0 aliphatic carbocycles. The Balaban J connectivity index is 1.78.